The van der Waals surface area contributed by atoms with Crippen molar-refractivity contribution in [3.63, 3.8) is 0 Å². The van der Waals surface area contributed by atoms with Crippen molar-refractivity contribution in [2.75, 3.05) is 7.05 Å². The van der Waals surface area contributed by atoms with Crippen molar-refractivity contribution in [2.45, 2.75) is 13.3 Å². The summed E-state index contributed by atoms with van der Waals surface area (Å²) >= 11 is 0. The van der Waals surface area contributed by atoms with Gasteiger partial charge >= 0.3 is 0 Å². The Hall–Kier alpha value is -3.15. The Morgan fingerprint density at radius 2 is 1.58 bits per heavy atom. The first-order valence-electron chi connectivity index (χ1n) is 7.38. The van der Waals surface area contributed by atoms with Gasteiger partial charge in [0, 0.05) is 18.2 Å². The molecule has 0 atom stereocenters. The number of nitrogens with one attached hydrogen (secondary N) is 1. The van der Waals surface area contributed by atoms with E-state index in [9.17, 15) is 14.4 Å². The van der Waals surface area contributed by atoms with Gasteiger partial charge < -0.3 is 16.8 Å². The molecule has 0 radical (unpaired) electrons. The first-order chi connectivity index (χ1) is 11.3. The number of primary amides is 2. The third-order valence-electron chi connectivity index (χ3n) is 3.86. The van der Waals surface area contributed by atoms with Crippen LogP contribution in [0.25, 0.3) is 11.1 Å². The van der Waals surface area contributed by atoms with Gasteiger partial charge in [0.2, 0.25) is 17.7 Å². The molecule has 6 nitrogen and oxygen atoms in total. The highest BCUT2D eigenvalue weighted by Gasteiger charge is 2.18. The van der Waals surface area contributed by atoms with E-state index in [2.05, 4.69) is 5.32 Å². The summed E-state index contributed by atoms with van der Waals surface area (Å²) in [6.07, 6.45) is 0.0311. The topological polar surface area (TPSA) is 115 Å². The van der Waals surface area contributed by atoms with E-state index >= 15 is 0 Å². The van der Waals surface area contributed by atoms with Gasteiger partial charge in [0.15, 0.2) is 0 Å². The molecule has 0 spiro atoms. The quantitative estimate of drug-likeness (QED) is 0.765. The number of amides is 3. The van der Waals surface area contributed by atoms with Crippen LogP contribution in [0.4, 0.5) is 0 Å². The zero-order chi connectivity index (χ0) is 17.9. The van der Waals surface area contributed by atoms with Gasteiger partial charge in [-0.15, -0.1) is 0 Å². The van der Waals surface area contributed by atoms with Gasteiger partial charge in [-0.05, 0) is 47.4 Å². The van der Waals surface area contributed by atoms with Gasteiger partial charge in [-0.3, -0.25) is 14.4 Å². The second-order valence-corrected chi connectivity index (χ2v) is 5.44. The maximum absolute atomic E-state index is 11.9. The first-order valence-corrected chi connectivity index (χ1v) is 7.38. The molecule has 5 N–H and O–H groups in total. The Bertz CT molecular complexity index is 811. The molecule has 0 saturated carbocycles. The predicted octanol–water partition coefficient (Wildman–Crippen LogP) is 1.15. The lowest BCUT2D eigenvalue weighted by Gasteiger charge is -2.16. The summed E-state index contributed by atoms with van der Waals surface area (Å²) in [7, 11) is 1.53. The number of nitrogens with two attached hydrogens (primary N) is 2. The smallest absolute Gasteiger partial charge is 0.249 e. The standard InChI is InChI=1S/C18H19N3O3/c1-10-3-8-13(18(20)24)14(9-15(22)21-2)16(10)11-4-6-12(7-5-11)17(19)23/h3-8H,9H2,1-2H3,(H2,19,23)(H2,20,24)(H,21,22). The third kappa shape index (κ3) is 3.43. The fourth-order valence-corrected chi connectivity index (χ4v) is 2.63. The first kappa shape index (κ1) is 17.2. The molecule has 0 unspecified atom stereocenters. The number of hydrogen-bond donors (Lipinski definition) is 3. The number of likely N-dealkylation sites (N-methyl/N-ethyl adjacent to an activating group) is 1. The van der Waals surface area contributed by atoms with Crippen molar-refractivity contribution < 1.29 is 14.4 Å². The molecule has 0 aromatic heterocycles. The minimum Gasteiger partial charge on any atom is -0.366 e. The summed E-state index contributed by atoms with van der Waals surface area (Å²) < 4.78 is 0. The predicted molar refractivity (Wildman–Crippen MR) is 91.4 cm³/mol. The average Bonchev–Trinajstić information content (AvgIpc) is 2.54. The van der Waals surface area contributed by atoms with Gasteiger partial charge in [0.05, 0.1) is 6.42 Å². The van der Waals surface area contributed by atoms with Crippen LogP contribution in [0, 0.1) is 6.92 Å². The molecular weight excluding hydrogens is 306 g/mol. The lowest BCUT2D eigenvalue weighted by molar-refractivity contribution is -0.119. The molecule has 0 fully saturated rings. The molecule has 0 aliphatic heterocycles. The largest absolute Gasteiger partial charge is 0.366 e. The van der Waals surface area contributed by atoms with Crippen LogP contribution in [-0.4, -0.2) is 24.8 Å². The zero-order valence-electron chi connectivity index (χ0n) is 13.6. The molecule has 0 bridgehead atoms. The van der Waals surface area contributed by atoms with Crippen molar-refractivity contribution in [1.82, 2.24) is 5.32 Å². The van der Waals surface area contributed by atoms with Crippen LogP contribution in [0.2, 0.25) is 0 Å². The summed E-state index contributed by atoms with van der Waals surface area (Å²) in [5.74, 6) is -1.34. The highest BCUT2D eigenvalue weighted by atomic mass is 16.2. The minimum absolute atomic E-state index is 0.0311. The normalized spacial score (nSPS) is 10.2. The molecule has 124 valence electrons. The Labute approximate surface area is 139 Å². The Kier molecular flexibility index (Phi) is 4.99. The molecule has 6 heteroatoms. The van der Waals surface area contributed by atoms with Gasteiger partial charge in [0.25, 0.3) is 0 Å². The molecule has 2 rings (SSSR count). The van der Waals surface area contributed by atoms with Crippen LogP contribution in [0.3, 0.4) is 0 Å². The van der Waals surface area contributed by atoms with Crippen LogP contribution in [0.5, 0.6) is 0 Å². The Morgan fingerprint density at radius 3 is 2.08 bits per heavy atom. The molecule has 0 saturated heterocycles. The van der Waals surface area contributed by atoms with Crippen LogP contribution in [-0.2, 0) is 11.2 Å². The van der Waals surface area contributed by atoms with Gasteiger partial charge in [0.1, 0.15) is 0 Å². The molecular formula is C18H19N3O3. The zero-order valence-corrected chi connectivity index (χ0v) is 13.6. The van der Waals surface area contributed by atoms with Crippen molar-refractivity contribution in [3.05, 3.63) is 58.7 Å². The summed E-state index contributed by atoms with van der Waals surface area (Å²) in [6.45, 7) is 1.88. The van der Waals surface area contributed by atoms with E-state index in [4.69, 9.17) is 11.5 Å². The Morgan fingerprint density at radius 1 is 0.958 bits per heavy atom. The molecule has 3 amide bonds. The Balaban J connectivity index is 2.66. The van der Waals surface area contributed by atoms with Crippen LogP contribution in [0.1, 0.15) is 31.8 Å². The second kappa shape index (κ2) is 6.95. The number of aryl methyl sites for hydroxylation is 1. The lowest BCUT2D eigenvalue weighted by atomic mass is 9.89. The van der Waals surface area contributed by atoms with Crippen molar-refractivity contribution in [2.24, 2.45) is 11.5 Å². The molecule has 2 aromatic rings. The van der Waals surface area contributed by atoms with Gasteiger partial charge in [-0.2, -0.15) is 0 Å². The van der Waals surface area contributed by atoms with Crippen molar-refractivity contribution in [3.8, 4) is 11.1 Å². The SMILES string of the molecule is CNC(=O)Cc1c(C(N)=O)ccc(C)c1-c1ccc(C(N)=O)cc1. The van der Waals surface area contributed by atoms with E-state index in [1.165, 1.54) is 7.05 Å². The third-order valence-corrected chi connectivity index (χ3v) is 3.86. The summed E-state index contributed by atoms with van der Waals surface area (Å²) in [5.41, 5.74) is 14.4. The van der Waals surface area contributed by atoms with Gasteiger partial charge in [-0.25, -0.2) is 0 Å². The van der Waals surface area contributed by atoms with Crippen molar-refractivity contribution >= 4 is 17.7 Å². The highest BCUT2D eigenvalue weighted by Crippen LogP contribution is 2.31. The van der Waals surface area contributed by atoms with Crippen molar-refractivity contribution in [1.29, 1.82) is 0 Å². The lowest BCUT2D eigenvalue weighted by Crippen LogP contribution is -2.23. The number of rotatable bonds is 5. The maximum Gasteiger partial charge on any atom is 0.249 e. The molecule has 24 heavy (non-hydrogen) atoms. The number of hydrogen-bond acceptors (Lipinski definition) is 3. The highest BCUT2D eigenvalue weighted by molar-refractivity contribution is 5.99. The molecule has 0 heterocycles. The number of benzene rings is 2. The molecule has 0 aliphatic carbocycles. The fourth-order valence-electron chi connectivity index (χ4n) is 2.63. The second-order valence-electron chi connectivity index (χ2n) is 5.44. The minimum atomic E-state index is -0.594. The van der Waals surface area contributed by atoms with E-state index in [1.54, 1.807) is 36.4 Å². The fraction of sp³-hybridized carbons (Fsp3) is 0.167. The van der Waals surface area contributed by atoms with E-state index in [-0.39, 0.29) is 12.3 Å². The van der Waals surface area contributed by atoms with E-state index < -0.39 is 11.8 Å². The molecule has 2 aromatic carbocycles. The van der Waals surface area contributed by atoms with Crippen LogP contribution >= 0.6 is 0 Å². The summed E-state index contributed by atoms with van der Waals surface area (Å²) in [5, 5.41) is 2.55. The summed E-state index contributed by atoms with van der Waals surface area (Å²) in [6, 6.07) is 10.1. The van der Waals surface area contributed by atoms with E-state index in [1.807, 2.05) is 6.92 Å². The van der Waals surface area contributed by atoms with Crippen LogP contribution in [0.15, 0.2) is 36.4 Å². The van der Waals surface area contributed by atoms with E-state index in [0.717, 1.165) is 16.7 Å². The maximum atomic E-state index is 11.9. The van der Waals surface area contributed by atoms with E-state index in [0.29, 0.717) is 16.7 Å². The van der Waals surface area contributed by atoms with Gasteiger partial charge in [-0.1, -0.05) is 18.2 Å². The van der Waals surface area contributed by atoms with Crippen LogP contribution < -0.4 is 16.8 Å². The summed E-state index contributed by atoms with van der Waals surface area (Å²) in [4.78, 5) is 34.8. The number of carbonyl (C=O) groups is 3. The number of carbonyl (C=O) groups excluding carboxylic acids is 3. The average molecular weight is 325 g/mol. The molecule has 0 aliphatic rings. The monoisotopic (exact) mass is 325 g/mol.